The molecule has 7 heteroatoms. The first-order valence-corrected chi connectivity index (χ1v) is 9.47. The lowest BCUT2D eigenvalue weighted by molar-refractivity contribution is -0.134. The molecular weight excluding hydrogens is 372 g/mol. The number of amides is 2. The topological polar surface area (TPSA) is 85.9 Å². The van der Waals surface area contributed by atoms with Crippen molar-refractivity contribution in [2.75, 3.05) is 33.2 Å². The molecule has 29 heavy (non-hydrogen) atoms. The van der Waals surface area contributed by atoms with Gasteiger partial charge in [0, 0.05) is 12.6 Å². The van der Waals surface area contributed by atoms with E-state index in [2.05, 4.69) is 10.6 Å². The van der Waals surface area contributed by atoms with E-state index in [-0.39, 0.29) is 11.8 Å². The van der Waals surface area contributed by atoms with Crippen molar-refractivity contribution in [2.24, 2.45) is 5.41 Å². The summed E-state index contributed by atoms with van der Waals surface area (Å²) in [6.07, 6.45) is 1.68. The molecule has 1 aliphatic rings. The fourth-order valence-electron chi connectivity index (χ4n) is 3.22. The summed E-state index contributed by atoms with van der Waals surface area (Å²) in [4.78, 5) is 25.5. The Morgan fingerprint density at radius 2 is 1.66 bits per heavy atom. The third-order valence-corrected chi connectivity index (χ3v) is 5.15. The van der Waals surface area contributed by atoms with Crippen LogP contribution in [0.2, 0.25) is 0 Å². The highest BCUT2D eigenvalue weighted by Crippen LogP contribution is 2.47. The SMILES string of the molecule is COc1ccc(NC(=O)C2(C(=O)NCCc3ccccc3OC)CC2)c(OC)c1. The van der Waals surface area contributed by atoms with E-state index in [4.69, 9.17) is 14.2 Å². The second-order valence-corrected chi connectivity index (χ2v) is 6.92. The summed E-state index contributed by atoms with van der Waals surface area (Å²) in [6, 6.07) is 12.8. The molecule has 3 rings (SSSR count). The van der Waals surface area contributed by atoms with E-state index in [1.54, 1.807) is 32.4 Å². The second kappa shape index (κ2) is 8.86. The molecule has 0 heterocycles. The van der Waals surface area contributed by atoms with Crippen molar-refractivity contribution in [1.82, 2.24) is 5.32 Å². The summed E-state index contributed by atoms with van der Waals surface area (Å²) in [5.41, 5.74) is 0.491. The van der Waals surface area contributed by atoms with Gasteiger partial charge in [0.1, 0.15) is 22.7 Å². The van der Waals surface area contributed by atoms with Crippen LogP contribution in [0.4, 0.5) is 5.69 Å². The van der Waals surface area contributed by atoms with Gasteiger partial charge >= 0.3 is 0 Å². The number of benzene rings is 2. The Balaban J connectivity index is 1.60. The van der Waals surface area contributed by atoms with E-state index in [9.17, 15) is 9.59 Å². The first-order chi connectivity index (χ1) is 14.0. The Hall–Kier alpha value is -3.22. The number of hydrogen-bond donors (Lipinski definition) is 2. The van der Waals surface area contributed by atoms with Crippen LogP contribution in [0.15, 0.2) is 42.5 Å². The highest BCUT2D eigenvalue weighted by atomic mass is 16.5. The van der Waals surface area contributed by atoms with Gasteiger partial charge in [0.2, 0.25) is 11.8 Å². The van der Waals surface area contributed by atoms with Crippen LogP contribution in [0.1, 0.15) is 18.4 Å². The summed E-state index contributed by atoms with van der Waals surface area (Å²) < 4.78 is 15.8. The predicted molar refractivity (Wildman–Crippen MR) is 110 cm³/mol. The molecule has 2 aromatic carbocycles. The van der Waals surface area contributed by atoms with Crippen LogP contribution < -0.4 is 24.8 Å². The Labute approximate surface area is 170 Å². The number of carbonyl (C=O) groups is 2. The van der Waals surface area contributed by atoms with Crippen molar-refractivity contribution in [1.29, 1.82) is 0 Å². The van der Waals surface area contributed by atoms with E-state index in [1.165, 1.54) is 7.11 Å². The van der Waals surface area contributed by atoms with Gasteiger partial charge in [0.05, 0.1) is 27.0 Å². The van der Waals surface area contributed by atoms with Crippen molar-refractivity contribution in [2.45, 2.75) is 19.3 Å². The maximum Gasteiger partial charge on any atom is 0.240 e. The summed E-state index contributed by atoms with van der Waals surface area (Å²) in [6.45, 7) is 0.431. The van der Waals surface area contributed by atoms with Gasteiger partial charge in [0.15, 0.2) is 0 Å². The Morgan fingerprint density at radius 3 is 2.31 bits per heavy atom. The van der Waals surface area contributed by atoms with Gasteiger partial charge in [-0.3, -0.25) is 9.59 Å². The molecule has 1 fully saturated rings. The zero-order valence-electron chi connectivity index (χ0n) is 16.9. The number of nitrogens with one attached hydrogen (secondary N) is 2. The van der Waals surface area contributed by atoms with Crippen molar-refractivity contribution in [3.8, 4) is 17.2 Å². The van der Waals surface area contributed by atoms with Crippen LogP contribution in [0, 0.1) is 5.41 Å². The third-order valence-electron chi connectivity index (χ3n) is 5.15. The highest BCUT2D eigenvalue weighted by Gasteiger charge is 2.56. The molecule has 0 spiro atoms. The number of para-hydroxylation sites is 1. The molecule has 0 saturated heterocycles. The van der Waals surface area contributed by atoms with Gasteiger partial charge in [-0.25, -0.2) is 0 Å². The van der Waals surface area contributed by atoms with Crippen LogP contribution in [-0.2, 0) is 16.0 Å². The van der Waals surface area contributed by atoms with Crippen molar-refractivity contribution < 1.29 is 23.8 Å². The van der Waals surface area contributed by atoms with E-state index >= 15 is 0 Å². The summed E-state index contributed by atoms with van der Waals surface area (Å²) in [5, 5.41) is 5.71. The van der Waals surface area contributed by atoms with Gasteiger partial charge < -0.3 is 24.8 Å². The van der Waals surface area contributed by atoms with E-state index in [0.717, 1.165) is 11.3 Å². The quantitative estimate of drug-likeness (QED) is 0.635. The molecule has 1 saturated carbocycles. The van der Waals surface area contributed by atoms with Crippen LogP contribution in [-0.4, -0.2) is 39.7 Å². The molecule has 2 amide bonds. The minimum absolute atomic E-state index is 0.252. The first kappa shape index (κ1) is 20.5. The first-order valence-electron chi connectivity index (χ1n) is 9.47. The smallest absolute Gasteiger partial charge is 0.240 e. The van der Waals surface area contributed by atoms with Gasteiger partial charge in [-0.1, -0.05) is 18.2 Å². The summed E-state index contributed by atoms with van der Waals surface area (Å²) in [5.74, 6) is 1.31. The van der Waals surface area contributed by atoms with Gasteiger partial charge in [-0.2, -0.15) is 0 Å². The maximum atomic E-state index is 12.8. The summed E-state index contributed by atoms with van der Waals surface area (Å²) in [7, 11) is 4.69. The minimum atomic E-state index is -1.02. The average Bonchev–Trinajstić information content (AvgIpc) is 3.56. The molecule has 0 aromatic heterocycles. The van der Waals surface area contributed by atoms with Crippen LogP contribution in [0.25, 0.3) is 0 Å². The Morgan fingerprint density at radius 1 is 0.931 bits per heavy atom. The Kier molecular flexibility index (Phi) is 6.26. The summed E-state index contributed by atoms with van der Waals surface area (Å²) >= 11 is 0. The van der Waals surface area contributed by atoms with Gasteiger partial charge in [-0.15, -0.1) is 0 Å². The number of ether oxygens (including phenoxy) is 3. The fourth-order valence-corrected chi connectivity index (χ4v) is 3.22. The van der Waals surface area contributed by atoms with Crippen LogP contribution >= 0.6 is 0 Å². The Bertz CT molecular complexity index is 893. The number of methoxy groups -OCH3 is 3. The maximum absolute atomic E-state index is 12.8. The zero-order valence-corrected chi connectivity index (χ0v) is 16.9. The van der Waals surface area contributed by atoms with Crippen molar-refractivity contribution in [3.05, 3.63) is 48.0 Å². The van der Waals surface area contributed by atoms with Crippen LogP contribution in [0.3, 0.4) is 0 Å². The largest absolute Gasteiger partial charge is 0.497 e. The van der Waals surface area contributed by atoms with E-state index in [0.29, 0.717) is 43.0 Å². The highest BCUT2D eigenvalue weighted by molar-refractivity contribution is 6.13. The molecule has 2 N–H and O–H groups in total. The van der Waals surface area contributed by atoms with Crippen molar-refractivity contribution >= 4 is 17.5 Å². The molecule has 0 bridgehead atoms. The molecule has 1 aliphatic carbocycles. The molecule has 0 atom stereocenters. The van der Waals surface area contributed by atoms with Gasteiger partial charge in [-0.05, 0) is 43.0 Å². The van der Waals surface area contributed by atoms with E-state index in [1.807, 2.05) is 24.3 Å². The minimum Gasteiger partial charge on any atom is -0.497 e. The molecule has 0 aliphatic heterocycles. The molecule has 0 unspecified atom stereocenters. The number of carbonyl (C=O) groups excluding carboxylic acids is 2. The molecule has 2 aromatic rings. The van der Waals surface area contributed by atoms with Gasteiger partial charge in [0.25, 0.3) is 0 Å². The lowest BCUT2D eigenvalue weighted by atomic mass is 10.0. The lowest BCUT2D eigenvalue weighted by Gasteiger charge is -2.17. The normalized spacial score (nSPS) is 13.9. The zero-order chi connectivity index (χ0) is 20.9. The van der Waals surface area contributed by atoms with Crippen LogP contribution in [0.5, 0.6) is 17.2 Å². The second-order valence-electron chi connectivity index (χ2n) is 6.92. The lowest BCUT2D eigenvalue weighted by Crippen LogP contribution is -2.40. The third kappa shape index (κ3) is 4.45. The fraction of sp³-hybridized carbons (Fsp3) is 0.364. The molecule has 0 radical (unpaired) electrons. The van der Waals surface area contributed by atoms with E-state index < -0.39 is 5.41 Å². The average molecular weight is 398 g/mol. The monoisotopic (exact) mass is 398 g/mol. The van der Waals surface area contributed by atoms with Crippen molar-refractivity contribution in [3.63, 3.8) is 0 Å². The number of rotatable bonds is 9. The predicted octanol–water partition coefficient (Wildman–Crippen LogP) is 2.79. The number of anilines is 1. The standard InChI is InChI=1S/C22H26N2O5/c1-27-16-8-9-17(19(14-16)29-3)24-21(26)22(11-12-22)20(25)23-13-10-15-6-4-5-7-18(15)28-2/h4-9,14H,10-13H2,1-3H3,(H,23,25)(H,24,26). The molecule has 7 nitrogen and oxygen atoms in total. The molecule has 154 valence electrons. The molecular formula is C22H26N2O5. The number of hydrogen-bond acceptors (Lipinski definition) is 5.